The maximum atomic E-state index is 13.9. The molecule has 0 aliphatic heterocycles. The fourth-order valence-corrected chi connectivity index (χ4v) is 6.24. The smallest absolute Gasteiger partial charge is 0.309 e. The van der Waals surface area contributed by atoms with E-state index in [1.807, 2.05) is 19.0 Å². The van der Waals surface area contributed by atoms with E-state index in [0.717, 1.165) is 5.56 Å². The minimum absolute atomic E-state index is 0.0271. The van der Waals surface area contributed by atoms with Gasteiger partial charge in [0.05, 0.1) is 16.7 Å². The third-order valence-corrected chi connectivity index (χ3v) is 8.93. The highest BCUT2D eigenvalue weighted by Gasteiger charge is 2.43. The molecular formula is C23H24ClF3N4OS. The van der Waals surface area contributed by atoms with Crippen molar-refractivity contribution in [2.24, 2.45) is 0 Å². The zero-order valence-corrected chi connectivity index (χ0v) is 19.8. The van der Waals surface area contributed by atoms with Crippen LogP contribution < -0.4 is 10.6 Å². The lowest BCUT2D eigenvalue weighted by Crippen LogP contribution is -2.21. The lowest BCUT2D eigenvalue weighted by molar-refractivity contribution is -0.0341. The highest BCUT2D eigenvalue weighted by Crippen LogP contribution is 2.57. The van der Waals surface area contributed by atoms with Crippen molar-refractivity contribution in [3.8, 4) is 6.07 Å². The number of benzene rings is 2. The first-order chi connectivity index (χ1) is 15.5. The zero-order valence-electron chi connectivity index (χ0n) is 18.2. The van der Waals surface area contributed by atoms with Crippen molar-refractivity contribution in [1.82, 2.24) is 4.90 Å². The van der Waals surface area contributed by atoms with Gasteiger partial charge >= 0.3 is 11.5 Å². The van der Waals surface area contributed by atoms with Crippen molar-refractivity contribution < 1.29 is 18.0 Å². The van der Waals surface area contributed by atoms with Crippen LogP contribution in [0.5, 0.6) is 0 Å². The molecular weight excluding hydrogens is 473 g/mol. The SMILES string of the molecule is C=S(=C1CC1)(c1cc(NC(=O)Nc2ccc(C#N)cc2CCN(C)C)ccc1Cl)C(F)(F)F. The van der Waals surface area contributed by atoms with E-state index in [1.54, 1.807) is 18.2 Å². The summed E-state index contributed by atoms with van der Waals surface area (Å²) in [5.74, 6) is 3.56. The lowest BCUT2D eigenvalue weighted by atomic mass is 10.1. The number of carbonyl (C=O) groups is 1. The summed E-state index contributed by atoms with van der Waals surface area (Å²) in [6.07, 6.45) is 1.35. The Morgan fingerprint density at radius 2 is 1.91 bits per heavy atom. The molecule has 0 heterocycles. The first-order valence-electron chi connectivity index (χ1n) is 10.1. The van der Waals surface area contributed by atoms with Gasteiger partial charge in [-0.3, -0.25) is 0 Å². The molecule has 2 amide bonds. The molecule has 33 heavy (non-hydrogen) atoms. The lowest BCUT2D eigenvalue weighted by Gasteiger charge is -2.23. The van der Waals surface area contributed by atoms with Crippen molar-refractivity contribution >= 4 is 48.9 Å². The molecule has 10 heteroatoms. The Bertz CT molecular complexity index is 1240. The van der Waals surface area contributed by atoms with Crippen LogP contribution in [0.4, 0.5) is 29.3 Å². The van der Waals surface area contributed by atoms with Gasteiger partial charge in [0, 0.05) is 22.8 Å². The average Bonchev–Trinajstić information content (AvgIpc) is 3.58. The monoisotopic (exact) mass is 496 g/mol. The van der Waals surface area contributed by atoms with Gasteiger partial charge in [-0.25, -0.2) is 4.79 Å². The molecule has 176 valence electrons. The van der Waals surface area contributed by atoms with E-state index in [-0.39, 0.29) is 15.6 Å². The van der Waals surface area contributed by atoms with E-state index in [1.165, 1.54) is 18.2 Å². The predicted octanol–water partition coefficient (Wildman–Crippen LogP) is 6.04. The summed E-state index contributed by atoms with van der Waals surface area (Å²) in [6.45, 7) is 0.705. The third kappa shape index (κ3) is 5.64. The number of urea groups is 1. The number of amides is 2. The van der Waals surface area contributed by atoms with Gasteiger partial charge in [-0.1, -0.05) is 26.7 Å². The molecule has 2 aromatic rings. The highest BCUT2D eigenvalue weighted by molar-refractivity contribution is 8.30. The largest absolute Gasteiger partial charge is 0.435 e. The van der Waals surface area contributed by atoms with Gasteiger partial charge in [-0.05, 0) is 80.2 Å². The van der Waals surface area contributed by atoms with Gasteiger partial charge in [0.25, 0.3) is 0 Å². The second kappa shape index (κ2) is 9.67. The molecule has 5 nitrogen and oxygen atoms in total. The van der Waals surface area contributed by atoms with Gasteiger partial charge in [0.2, 0.25) is 0 Å². The summed E-state index contributed by atoms with van der Waals surface area (Å²) in [4.78, 5) is 14.9. The number of likely N-dealkylation sites (N-methyl/N-ethyl adjacent to an activating group) is 1. The Balaban J connectivity index is 1.86. The number of carbonyl (C=O) groups excluding carboxylic acids is 1. The number of nitriles is 1. The Labute approximate surface area is 196 Å². The maximum Gasteiger partial charge on any atom is 0.435 e. The molecule has 2 N–H and O–H groups in total. The average molecular weight is 497 g/mol. The van der Waals surface area contributed by atoms with Crippen LogP contribution in [0, 0.1) is 11.3 Å². The summed E-state index contributed by atoms with van der Waals surface area (Å²) >= 11 is 6.14. The first-order valence-corrected chi connectivity index (χ1v) is 12.3. The number of anilines is 2. The van der Waals surface area contributed by atoms with Crippen LogP contribution in [0.2, 0.25) is 5.02 Å². The van der Waals surface area contributed by atoms with Gasteiger partial charge in [0.1, 0.15) is 0 Å². The molecule has 0 radical (unpaired) electrons. The normalized spacial score (nSPS) is 15.0. The second-order valence-corrected chi connectivity index (χ2v) is 11.4. The molecule has 1 fully saturated rings. The molecule has 2 aromatic carbocycles. The summed E-state index contributed by atoms with van der Waals surface area (Å²) in [5, 5.41) is 14.5. The highest BCUT2D eigenvalue weighted by atomic mass is 35.5. The van der Waals surface area contributed by atoms with Crippen molar-refractivity contribution in [3.05, 3.63) is 52.5 Å². The van der Waals surface area contributed by atoms with Gasteiger partial charge in [-0.2, -0.15) is 18.4 Å². The molecule has 1 saturated carbocycles. The maximum absolute atomic E-state index is 13.9. The van der Waals surface area contributed by atoms with Crippen LogP contribution in [-0.4, -0.2) is 47.8 Å². The first kappa shape index (κ1) is 25.0. The van der Waals surface area contributed by atoms with Crippen LogP contribution in [0.1, 0.15) is 24.0 Å². The fraction of sp³-hybridized carbons (Fsp3) is 0.304. The molecule has 1 aliphatic rings. The summed E-state index contributed by atoms with van der Waals surface area (Å²) < 4.78 is 41.8. The Morgan fingerprint density at radius 1 is 1.21 bits per heavy atom. The number of rotatable bonds is 6. The van der Waals surface area contributed by atoms with Crippen molar-refractivity contribution in [1.29, 1.82) is 5.26 Å². The summed E-state index contributed by atoms with van der Waals surface area (Å²) in [5.41, 5.74) is -2.59. The van der Waals surface area contributed by atoms with Gasteiger partial charge in [-0.15, -0.1) is 0 Å². The van der Waals surface area contributed by atoms with Gasteiger partial charge < -0.3 is 15.5 Å². The standard InChI is InChI=1S/C23H24ClF3N4OS/c1-31(2)11-10-16-12-15(14-28)4-9-20(16)30-22(32)29-17-5-8-19(24)21(13-17)33(3,18-6-7-18)23(25,26)27/h4-5,8-9,12-13H,3,6-7,10-11H2,1-2H3,(H2,29,30,32). The van der Waals surface area contributed by atoms with Crippen LogP contribution >= 0.6 is 20.8 Å². The van der Waals surface area contributed by atoms with Crippen molar-refractivity contribution in [3.63, 3.8) is 0 Å². The number of halogens is 4. The zero-order chi connectivity index (χ0) is 24.4. The third-order valence-electron chi connectivity index (χ3n) is 5.22. The predicted molar refractivity (Wildman–Crippen MR) is 131 cm³/mol. The van der Waals surface area contributed by atoms with Crippen molar-refractivity contribution in [2.75, 3.05) is 31.3 Å². The molecule has 1 aliphatic carbocycles. The molecule has 1 atom stereocenters. The van der Waals surface area contributed by atoms with E-state index < -0.39 is 20.7 Å². The second-order valence-electron chi connectivity index (χ2n) is 7.98. The van der Waals surface area contributed by atoms with Crippen LogP contribution in [0.25, 0.3) is 0 Å². The number of nitrogens with one attached hydrogen (secondary N) is 2. The topological polar surface area (TPSA) is 68.2 Å². The summed E-state index contributed by atoms with van der Waals surface area (Å²) in [7, 11) is 0.339. The fourth-order valence-electron chi connectivity index (χ4n) is 3.31. The molecule has 3 rings (SSSR count). The molecule has 0 aromatic heterocycles. The summed E-state index contributed by atoms with van der Waals surface area (Å²) in [6, 6.07) is 10.4. The van der Waals surface area contributed by atoms with Crippen molar-refractivity contribution in [2.45, 2.75) is 29.7 Å². The van der Waals surface area contributed by atoms with Crippen LogP contribution in [0.15, 0.2) is 41.3 Å². The van der Waals surface area contributed by atoms with Gasteiger partial charge in [0.15, 0.2) is 0 Å². The number of hydrogen-bond donors (Lipinski definition) is 2. The Kier molecular flexibility index (Phi) is 7.32. The van der Waals surface area contributed by atoms with E-state index in [9.17, 15) is 18.0 Å². The van der Waals surface area contributed by atoms with Crippen LogP contribution in [-0.2, 0) is 6.42 Å². The van der Waals surface area contributed by atoms with Crippen LogP contribution in [0.3, 0.4) is 0 Å². The Morgan fingerprint density at radius 3 is 2.48 bits per heavy atom. The molecule has 0 spiro atoms. The van der Waals surface area contributed by atoms with E-state index >= 15 is 0 Å². The minimum Gasteiger partial charge on any atom is -0.309 e. The quantitative estimate of drug-likeness (QED) is 0.479. The molecule has 1 unspecified atom stereocenters. The van der Waals surface area contributed by atoms with E-state index in [2.05, 4.69) is 22.6 Å². The van der Waals surface area contributed by atoms with E-state index in [0.29, 0.717) is 41.9 Å². The number of nitrogens with zero attached hydrogens (tertiary/aromatic N) is 2. The minimum atomic E-state index is -4.53. The molecule has 0 saturated heterocycles. The number of hydrogen-bond acceptors (Lipinski definition) is 3. The molecule has 0 bridgehead atoms. The number of alkyl halides is 3. The van der Waals surface area contributed by atoms with E-state index in [4.69, 9.17) is 16.9 Å². The Hall–Kier alpha value is -2.67.